The molecule has 3 N–H and O–H groups in total. The first-order chi connectivity index (χ1) is 12.4. The van der Waals surface area contributed by atoms with Gasteiger partial charge in [0, 0.05) is 5.02 Å². The van der Waals surface area contributed by atoms with Gasteiger partial charge in [-0.05, 0) is 31.2 Å². The number of nitrogens with one attached hydrogen (secondary N) is 1. The van der Waals surface area contributed by atoms with Crippen molar-refractivity contribution in [2.24, 2.45) is 0 Å². The molecule has 0 saturated heterocycles. The monoisotopic (exact) mass is 431 g/mol. The number of halogens is 3. The van der Waals surface area contributed by atoms with E-state index in [0.29, 0.717) is 27.5 Å². The molecule has 7 nitrogen and oxygen atoms in total. The minimum atomic E-state index is -0.547. The van der Waals surface area contributed by atoms with Gasteiger partial charge in [-0.2, -0.15) is 0 Å². The quantitative estimate of drug-likeness (QED) is 0.460. The molecule has 1 unspecified atom stereocenters. The third-order valence-corrected chi connectivity index (χ3v) is 5.18. The SMILES string of the molecule is CC(Sc1nnc(-c2ccco2)n1N)C(=O)Nc1c(Cl)cc(Cl)cc1Cl. The summed E-state index contributed by atoms with van der Waals surface area (Å²) in [5.74, 6) is 6.48. The normalized spacial score (nSPS) is 12.2. The highest BCUT2D eigenvalue weighted by atomic mass is 35.5. The molecule has 0 bridgehead atoms. The third kappa shape index (κ3) is 3.93. The Kier molecular flexibility index (Phi) is 5.67. The number of aromatic nitrogens is 3. The topological polar surface area (TPSA) is 99.0 Å². The summed E-state index contributed by atoms with van der Waals surface area (Å²) in [5.41, 5.74) is 0.292. The van der Waals surface area contributed by atoms with E-state index in [0.717, 1.165) is 11.8 Å². The summed E-state index contributed by atoms with van der Waals surface area (Å²) < 4.78 is 6.51. The van der Waals surface area contributed by atoms with Crippen LogP contribution in [0, 0.1) is 0 Å². The molecule has 0 saturated carbocycles. The van der Waals surface area contributed by atoms with Crippen molar-refractivity contribution in [3.63, 3.8) is 0 Å². The molecule has 2 aromatic heterocycles. The second-order valence-electron chi connectivity index (χ2n) is 5.15. The van der Waals surface area contributed by atoms with Crippen molar-refractivity contribution in [2.75, 3.05) is 11.2 Å². The van der Waals surface area contributed by atoms with Crippen LogP contribution < -0.4 is 11.2 Å². The van der Waals surface area contributed by atoms with E-state index in [1.54, 1.807) is 19.1 Å². The average molecular weight is 433 g/mol. The first-order valence-electron chi connectivity index (χ1n) is 7.23. The van der Waals surface area contributed by atoms with Crippen LogP contribution in [0.25, 0.3) is 11.6 Å². The molecule has 0 aliphatic carbocycles. The number of carbonyl (C=O) groups is 1. The maximum atomic E-state index is 12.5. The minimum Gasteiger partial charge on any atom is -0.461 e. The number of hydrogen-bond acceptors (Lipinski definition) is 6. The summed E-state index contributed by atoms with van der Waals surface area (Å²) in [5, 5.41) is 11.3. The first kappa shape index (κ1) is 18.9. The first-order valence-corrected chi connectivity index (χ1v) is 9.24. The molecule has 0 aliphatic rings. The number of furan rings is 1. The van der Waals surface area contributed by atoms with E-state index in [2.05, 4.69) is 15.5 Å². The molecule has 11 heteroatoms. The number of benzene rings is 1. The number of nitrogen functional groups attached to an aromatic ring is 1. The number of carbonyl (C=O) groups excluding carboxylic acids is 1. The molecule has 1 aromatic carbocycles. The summed E-state index contributed by atoms with van der Waals surface area (Å²) in [6, 6.07) is 6.41. The van der Waals surface area contributed by atoms with Crippen molar-refractivity contribution >= 4 is 58.2 Å². The fourth-order valence-electron chi connectivity index (χ4n) is 2.03. The molecule has 0 fully saturated rings. The molecular weight excluding hydrogens is 421 g/mol. The Hall–Kier alpha value is -1.87. The van der Waals surface area contributed by atoms with E-state index in [-0.39, 0.29) is 16.0 Å². The van der Waals surface area contributed by atoms with E-state index in [4.69, 9.17) is 45.1 Å². The Morgan fingerprint density at radius 2 is 2.00 bits per heavy atom. The molecule has 1 amide bonds. The molecule has 0 aliphatic heterocycles. The van der Waals surface area contributed by atoms with Gasteiger partial charge in [0.25, 0.3) is 0 Å². The standard InChI is InChI=1S/C15H12Cl3N5O2S/c1-7(14(24)20-12-9(17)5-8(16)6-10(12)18)26-15-22-21-13(23(15)19)11-3-2-4-25-11/h2-7H,19H2,1H3,(H,20,24). The van der Waals surface area contributed by atoms with Crippen LogP contribution in [0.15, 0.2) is 40.1 Å². The van der Waals surface area contributed by atoms with Crippen LogP contribution in [0.4, 0.5) is 5.69 Å². The van der Waals surface area contributed by atoms with Crippen molar-refractivity contribution in [1.82, 2.24) is 14.9 Å². The largest absolute Gasteiger partial charge is 0.461 e. The molecule has 2 heterocycles. The van der Waals surface area contributed by atoms with E-state index in [1.807, 2.05) is 0 Å². The van der Waals surface area contributed by atoms with E-state index in [9.17, 15) is 4.79 Å². The van der Waals surface area contributed by atoms with Crippen molar-refractivity contribution in [2.45, 2.75) is 17.3 Å². The highest BCUT2D eigenvalue weighted by Crippen LogP contribution is 2.34. The fourth-order valence-corrected chi connectivity index (χ4v) is 3.71. The fraction of sp³-hybridized carbons (Fsp3) is 0.133. The Morgan fingerprint density at radius 1 is 1.31 bits per heavy atom. The average Bonchev–Trinajstić information content (AvgIpc) is 3.21. The maximum Gasteiger partial charge on any atom is 0.237 e. The lowest BCUT2D eigenvalue weighted by Crippen LogP contribution is -2.24. The van der Waals surface area contributed by atoms with Crippen LogP contribution in [0.5, 0.6) is 0 Å². The van der Waals surface area contributed by atoms with Crippen LogP contribution in [0.2, 0.25) is 15.1 Å². The molecule has 3 rings (SSSR count). The Labute approximate surface area is 167 Å². The van der Waals surface area contributed by atoms with Gasteiger partial charge in [-0.3, -0.25) is 4.79 Å². The molecule has 1 atom stereocenters. The second-order valence-corrected chi connectivity index (χ2v) is 7.71. The van der Waals surface area contributed by atoms with E-state index in [1.165, 1.54) is 23.1 Å². The summed E-state index contributed by atoms with van der Waals surface area (Å²) in [6.07, 6.45) is 1.51. The molecular formula is C15H12Cl3N5O2S. The molecule has 0 spiro atoms. The van der Waals surface area contributed by atoms with E-state index < -0.39 is 5.25 Å². The zero-order chi connectivity index (χ0) is 18.8. The Bertz CT molecular complexity index is 922. The minimum absolute atomic E-state index is 0.246. The third-order valence-electron chi connectivity index (χ3n) is 3.31. The van der Waals surface area contributed by atoms with Crippen molar-refractivity contribution in [1.29, 1.82) is 0 Å². The lowest BCUT2D eigenvalue weighted by atomic mass is 10.3. The molecule has 136 valence electrons. The predicted molar refractivity (Wildman–Crippen MR) is 103 cm³/mol. The maximum absolute atomic E-state index is 12.5. The smallest absolute Gasteiger partial charge is 0.237 e. The van der Waals surface area contributed by atoms with Gasteiger partial charge in [0.1, 0.15) is 0 Å². The zero-order valence-electron chi connectivity index (χ0n) is 13.2. The number of hydrogen-bond donors (Lipinski definition) is 2. The highest BCUT2D eigenvalue weighted by Gasteiger charge is 2.22. The van der Waals surface area contributed by atoms with Crippen LogP contribution in [-0.2, 0) is 4.79 Å². The lowest BCUT2D eigenvalue weighted by Gasteiger charge is -2.13. The Balaban J connectivity index is 1.73. The van der Waals surface area contributed by atoms with Gasteiger partial charge in [0.2, 0.25) is 16.9 Å². The Morgan fingerprint density at radius 3 is 2.62 bits per heavy atom. The molecule has 0 radical (unpaired) electrons. The number of anilines is 1. The summed E-state index contributed by atoms with van der Waals surface area (Å²) >= 11 is 19.2. The summed E-state index contributed by atoms with van der Waals surface area (Å²) in [6.45, 7) is 1.69. The van der Waals surface area contributed by atoms with Gasteiger partial charge in [0.15, 0.2) is 5.76 Å². The summed E-state index contributed by atoms with van der Waals surface area (Å²) in [7, 11) is 0. The number of amides is 1. The van der Waals surface area contributed by atoms with Crippen LogP contribution in [0.1, 0.15) is 6.92 Å². The molecule has 26 heavy (non-hydrogen) atoms. The van der Waals surface area contributed by atoms with Gasteiger partial charge in [-0.25, -0.2) is 4.68 Å². The lowest BCUT2D eigenvalue weighted by molar-refractivity contribution is -0.115. The number of nitrogens with two attached hydrogens (primary N) is 1. The number of thioether (sulfide) groups is 1. The molecule has 3 aromatic rings. The van der Waals surface area contributed by atoms with Gasteiger partial charge in [-0.15, -0.1) is 10.2 Å². The highest BCUT2D eigenvalue weighted by molar-refractivity contribution is 8.00. The zero-order valence-corrected chi connectivity index (χ0v) is 16.3. The van der Waals surface area contributed by atoms with Crippen molar-refractivity contribution in [3.05, 3.63) is 45.6 Å². The van der Waals surface area contributed by atoms with E-state index >= 15 is 0 Å². The van der Waals surface area contributed by atoms with Crippen LogP contribution in [-0.4, -0.2) is 26.0 Å². The number of nitrogens with zero attached hydrogens (tertiary/aromatic N) is 3. The van der Waals surface area contributed by atoms with Crippen LogP contribution >= 0.6 is 46.6 Å². The second kappa shape index (κ2) is 7.79. The predicted octanol–water partition coefficient (Wildman–Crippen LogP) is 4.33. The number of rotatable bonds is 5. The van der Waals surface area contributed by atoms with Gasteiger partial charge < -0.3 is 15.6 Å². The summed E-state index contributed by atoms with van der Waals surface area (Å²) in [4.78, 5) is 12.5. The van der Waals surface area contributed by atoms with Gasteiger partial charge in [-0.1, -0.05) is 46.6 Å². The van der Waals surface area contributed by atoms with Crippen LogP contribution in [0.3, 0.4) is 0 Å². The van der Waals surface area contributed by atoms with Crippen molar-refractivity contribution < 1.29 is 9.21 Å². The van der Waals surface area contributed by atoms with Gasteiger partial charge >= 0.3 is 0 Å². The van der Waals surface area contributed by atoms with Crippen molar-refractivity contribution in [3.8, 4) is 11.6 Å². The van der Waals surface area contributed by atoms with Gasteiger partial charge in [0.05, 0.1) is 27.2 Å².